The summed E-state index contributed by atoms with van der Waals surface area (Å²) in [6, 6.07) is 6.17. The van der Waals surface area contributed by atoms with Crippen molar-refractivity contribution >= 4 is 16.7 Å². The number of aromatic amines is 1. The number of hydrogen-bond donors (Lipinski definition) is 1. The van der Waals surface area contributed by atoms with Crippen LogP contribution in [0.4, 0.5) is 5.69 Å². The van der Waals surface area contributed by atoms with Crippen LogP contribution in [0.3, 0.4) is 0 Å². The quantitative estimate of drug-likeness (QED) is 0.886. The molecular weight excluding hydrogens is 300 g/mol. The molecule has 5 heteroatoms. The molecule has 1 aromatic carbocycles. The van der Waals surface area contributed by atoms with Crippen LogP contribution in [0, 0.1) is 5.92 Å². The number of nitrogens with one attached hydrogen (secondary N) is 1. The van der Waals surface area contributed by atoms with Crippen molar-refractivity contribution in [2.75, 3.05) is 37.6 Å². The standard InChI is InChI=1S/C19H30N4O/c1-4-22(5-2)12-9-15-10-13-23(14-11-15)17-8-6-7-16-18(17)21(3)19(24)20-16/h6-8,15H,4-5,9-14H2,1-3H3,(H,20,24). The molecule has 0 aliphatic carbocycles. The Kier molecular flexibility index (Phi) is 5.29. The van der Waals surface area contributed by atoms with Gasteiger partial charge in [-0.3, -0.25) is 4.57 Å². The van der Waals surface area contributed by atoms with E-state index in [-0.39, 0.29) is 5.69 Å². The second kappa shape index (κ2) is 7.43. The molecular formula is C19H30N4O. The molecule has 0 amide bonds. The fourth-order valence-corrected chi connectivity index (χ4v) is 3.91. The van der Waals surface area contributed by atoms with E-state index in [0.29, 0.717) is 0 Å². The van der Waals surface area contributed by atoms with E-state index >= 15 is 0 Å². The van der Waals surface area contributed by atoms with E-state index in [1.807, 2.05) is 19.2 Å². The highest BCUT2D eigenvalue weighted by atomic mass is 16.1. The molecule has 5 nitrogen and oxygen atoms in total. The van der Waals surface area contributed by atoms with Crippen LogP contribution in [-0.2, 0) is 7.05 Å². The van der Waals surface area contributed by atoms with Gasteiger partial charge in [0.2, 0.25) is 0 Å². The van der Waals surface area contributed by atoms with Crippen LogP contribution in [0.5, 0.6) is 0 Å². The zero-order valence-electron chi connectivity index (χ0n) is 15.2. The number of hydrogen-bond acceptors (Lipinski definition) is 3. The molecule has 0 bridgehead atoms. The Labute approximate surface area is 144 Å². The molecule has 132 valence electrons. The maximum atomic E-state index is 11.9. The molecule has 0 saturated carbocycles. The van der Waals surface area contributed by atoms with Gasteiger partial charge in [-0.05, 0) is 56.9 Å². The van der Waals surface area contributed by atoms with Gasteiger partial charge in [0.1, 0.15) is 0 Å². The largest absolute Gasteiger partial charge is 0.370 e. The van der Waals surface area contributed by atoms with Crippen molar-refractivity contribution in [2.24, 2.45) is 13.0 Å². The number of piperidine rings is 1. The number of para-hydroxylation sites is 1. The normalized spacial score (nSPS) is 16.4. The molecule has 24 heavy (non-hydrogen) atoms. The Morgan fingerprint density at radius 1 is 1.21 bits per heavy atom. The number of anilines is 1. The van der Waals surface area contributed by atoms with Crippen molar-refractivity contribution in [3.05, 3.63) is 28.7 Å². The summed E-state index contributed by atoms with van der Waals surface area (Å²) in [5.74, 6) is 0.830. The van der Waals surface area contributed by atoms with E-state index < -0.39 is 0 Å². The van der Waals surface area contributed by atoms with Crippen LogP contribution in [-0.4, -0.2) is 47.2 Å². The lowest BCUT2D eigenvalue weighted by molar-refractivity contribution is 0.259. The van der Waals surface area contributed by atoms with Crippen LogP contribution < -0.4 is 10.6 Å². The summed E-state index contributed by atoms with van der Waals surface area (Å²) in [5, 5.41) is 0. The van der Waals surface area contributed by atoms with Crippen molar-refractivity contribution in [1.29, 1.82) is 0 Å². The molecule has 2 heterocycles. The van der Waals surface area contributed by atoms with Crippen molar-refractivity contribution in [3.8, 4) is 0 Å². The van der Waals surface area contributed by atoms with Crippen LogP contribution >= 0.6 is 0 Å². The predicted molar refractivity (Wildman–Crippen MR) is 101 cm³/mol. The fraction of sp³-hybridized carbons (Fsp3) is 0.632. The van der Waals surface area contributed by atoms with Crippen LogP contribution in [0.25, 0.3) is 11.0 Å². The molecule has 1 aromatic heterocycles. The third-order valence-corrected chi connectivity index (χ3v) is 5.60. The Balaban J connectivity index is 1.66. The number of nitrogens with zero attached hydrogens (tertiary/aromatic N) is 3. The second-order valence-electron chi connectivity index (χ2n) is 6.91. The molecule has 3 rings (SSSR count). The minimum atomic E-state index is -0.0356. The highest BCUT2D eigenvalue weighted by Gasteiger charge is 2.22. The average Bonchev–Trinajstić information content (AvgIpc) is 2.91. The molecule has 2 aromatic rings. The van der Waals surface area contributed by atoms with E-state index in [0.717, 1.165) is 43.1 Å². The maximum Gasteiger partial charge on any atom is 0.326 e. The third-order valence-electron chi connectivity index (χ3n) is 5.60. The van der Waals surface area contributed by atoms with Gasteiger partial charge in [0.15, 0.2) is 0 Å². The van der Waals surface area contributed by atoms with E-state index in [2.05, 4.69) is 34.7 Å². The van der Waals surface area contributed by atoms with Gasteiger partial charge < -0.3 is 14.8 Å². The number of aromatic nitrogens is 2. The van der Waals surface area contributed by atoms with Gasteiger partial charge in [-0.2, -0.15) is 0 Å². The zero-order valence-corrected chi connectivity index (χ0v) is 15.2. The Morgan fingerprint density at radius 2 is 1.92 bits per heavy atom. The molecule has 0 atom stereocenters. The summed E-state index contributed by atoms with van der Waals surface area (Å²) in [6.45, 7) is 10.2. The van der Waals surface area contributed by atoms with Gasteiger partial charge in [-0.15, -0.1) is 0 Å². The van der Waals surface area contributed by atoms with Crippen molar-refractivity contribution in [2.45, 2.75) is 33.1 Å². The molecule has 1 saturated heterocycles. The summed E-state index contributed by atoms with van der Waals surface area (Å²) >= 11 is 0. The van der Waals surface area contributed by atoms with Gasteiger partial charge in [0.25, 0.3) is 0 Å². The number of H-pyrrole nitrogens is 1. The Morgan fingerprint density at radius 3 is 2.58 bits per heavy atom. The Bertz CT molecular complexity index is 721. The molecule has 1 N–H and O–H groups in total. The fourth-order valence-electron chi connectivity index (χ4n) is 3.91. The summed E-state index contributed by atoms with van der Waals surface area (Å²) < 4.78 is 1.73. The number of fused-ring (bicyclic) bond motifs is 1. The van der Waals surface area contributed by atoms with Gasteiger partial charge in [0, 0.05) is 20.1 Å². The van der Waals surface area contributed by atoms with Crippen molar-refractivity contribution in [3.63, 3.8) is 0 Å². The number of rotatable bonds is 6. The lowest BCUT2D eigenvalue weighted by Gasteiger charge is -2.34. The highest BCUT2D eigenvalue weighted by molar-refractivity contribution is 5.89. The lowest BCUT2D eigenvalue weighted by Crippen LogP contribution is -2.35. The topological polar surface area (TPSA) is 44.3 Å². The van der Waals surface area contributed by atoms with E-state index in [1.165, 1.54) is 31.5 Å². The van der Waals surface area contributed by atoms with Gasteiger partial charge in [-0.1, -0.05) is 19.9 Å². The summed E-state index contributed by atoms with van der Waals surface area (Å²) in [5.41, 5.74) is 3.12. The first-order valence-electron chi connectivity index (χ1n) is 9.29. The van der Waals surface area contributed by atoms with Gasteiger partial charge >= 0.3 is 5.69 Å². The summed E-state index contributed by atoms with van der Waals surface area (Å²) in [6.07, 6.45) is 3.80. The summed E-state index contributed by atoms with van der Waals surface area (Å²) in [4.78, 5) is 19.8. The van der Waals surface area contributed by atoms with Gasteiger partial charge in [0.05, 0.1) is 16.7 Å². The van der Waals surface area contributed by atoms with Crippen LogP contribution in [0.2, 0.25) is 0 Å². The lowest BCUT2D eigenvalue weighted by atomic mass is 9.93. The number of aryl methyl sites for hydroxylation is 1. The zero-order chi connectivity index (χ0) is 17.1. The average molecular weight is 330 g/mol. The molecule has 0 spiro atoms. The van der Waals surface area contributed by atoms with Crippen molar-refractivity contribution in [1.82, 2.24) is 14.5 Å². The second-order valence-corrected chi connectivity index (χ2v) is 6.91. The monoisotopic (exact) mass is 330 g/mol. The van der Waals surface area contributed by atoms with Crippen molar-refractivity contribution < 1.29 is 0 Å². The Hall–Kier alpha value is -1.75. The maximum absolute atomic E-state index is 11.9. The smallest absolute Gasteiger partial charge is 0.326 e. The first-order valence-corrected chi connectivity index (χ1v) is 9.29. The first kappa shape index (κ1) is 17.1. The van der Waals surface area contributed by atoms with Crippen LogP contribution in [0.15, 0.2) is 23.0 Å². The minimum absolute atomic E-state index is 0.0356. The van der Waals surface area contributed by atoms with E-state index in [4.69, 9.17) is 0 Å². The molecule has 1 aliphatic rings. The highest BCUT2D eigenvalue weighted by Crippen LogP contribution is 2.29. The summed E-state index contributed by atoms with van der Waals surface area (Å²) in [7, 11) is 1.85. The molecule has 0 radical (unpaired) electrons. The third kappa shape index (κ3) is 3.36. The number of benzene rings is 1. The molecule has 0 unspecified atom stereocenters. The van der Waals surface area contributed by atoms with E-state index in [1.54, 1.807) is 4.57 Å². The van der Waals surface area contributed by atoms with Crippen LogP contribution in [0.1, 0.15) is 33.1 Å². The predicted octanol–water partition coefficient (Wildman–Crippen LogP) is 2.81. The van der Waals surface area contributed by atoms with E-state index in [9.17, 15) is 4.79 Å². The molecule has 1 aliphatic heterocycles. The molecule has 1 fully saturated rings. The minimum Gasteiger partial charge on any atom is -0.370 e. The van der Waals surface area contributed by atoms with Gasteiger partial charge in [-0.25, -0.2) is 4.79 Å². The SMILES string of the molecule is CCN(CC)CCC1CCN(c2cccc3[nH]c(=O)n(C)c23)CC1. The first-order chi connectivity index (χ1) is 11.6. The number of imidazole rings is 1.